The number of halogens is 1. The summed E-state index contributed by atoms with van der Waals surface area (Å²) in [5, 5.41) is 4.52. The zero-order chi connectivity index (χ0) is 13.7. The normalized spacial score (nSPS) is 10.9. The first-order valence-electron chi connectivity index (χ1n) is 6.69. The van der Waals surface area contributed by atoms with Crippen molar-refractivity contribution in [2.45, 2.75) is 33.2 Å². The van der Waals surface area contributed by atoms with E-state index in [0.717, 1.165) is 35.4 Å². The second-order valence-corrected chi connectivity index (χ2v) is 6.43. The second-order valence-electron chi connectivity index (χ2n) is 4.43. The lowest BCUT2D eigenvalue weighted by Gasteiger charge is -2.00. The van der Waals surface area contributed by atoms with Crippen LogP contribution in [0.5, 0.6) is 0 Å². The van der Waals surface area contributed by atoms with Crippen LogP contribution in [0.1, 0.15) is 30.8 Å². The largest absolute Gasteiger partial charge is 0.312 e. The van der Waals surface area contributed by atoms with Crippen molar-refractivity contribution < 1.29 is 0 Å². The first-order chi connectivity index (χ1) is 9.24. The molecule has 0 saturated carbocycles. The third-order valence-electron chi connectivity index (χ3n) is 2.87. The van der Waals surface area contributed by atoms with E-state index in [1.54, 1.807) is 11.3 Å². The van der Waals surface area contributed by atoms with Gasteiger partial charge >= 0.3 is 0 Å². The highest BCUT2D eigenvalue weighted by molar-refractivity contribution is 9.10. The molecule has 1 aromatic carbocycles. The van der Waals surface area contributed by atoms with E-state index in [-0.39, 0.29) is 0 Å². The van der Waals surface area contributed by atoms with Crippen LogP contribution < -0.4 is 5.32 Å². The molecule has 0 radical (unpaired) electrons. The van der Waals surface area contributed by atoms with E-state index in [0.29, 0.717) is 0 Å². The minimum absolute atomic E-state index is 0.928. The highest BCUT2D eigenvalue weighted by atomic mass is 79.9. The highest BCUT2D eigenvalue weighted by Gasteiger charge is 2.11. The number of aryl methyl sites for hydroxylation is 1. The first kappa shape index (κ1) is 14.7. The van der Waals surface area contributed by atoms with Gasteiger partial charge in [-0.05, 0) is 25.1 Å². The number of benzene rings is 1. The maximum Gasteiger partial charge on any atom is 0.123 e. The summed E-state index contributed by atoms with van der Waals surface area (Å²) in [7, 11) is 0. The molecule has 0 aliphatic heterocycles. The van der Waals surface area contributed by atoms with Crippen LogP contribution in [0.3, 0.4) is 0 Å². The Kier molecular flexibility index (Phi) is 5.55. The van der Waals surface area contributed by atoms with Crippen molar-refractivity contribution in [1.82, 2.24) is 10.3 Å². The molecule has 4 heteroatoms. The van der Waals surface area contributed by atoms with Crippen LogP contribution >= 0.6 is 27.3 Å². The van der Waals surface area contributed by atoms with Crippen LogP contribution in [0.2, 0.25) is 0 Å². The average molecular weight is 339 g/mol. The van der Waals surface area contributed by atoms with Gasteiger partial charge in [0.2, 0.25) is 0 Å². The van der Waals surface area contributed by atoms with Gasteiger partial charge in [0.05, 0.1) is 5.69 Å². The molecule has 0 fully saturated rings. The second kappa shape index (κ2) is 7.17. The van der Waals surface area contributed by atoms with Crippen LogP contribution in [0.25, 0.3) is 10.6 Å². The lowest BCUT2D eigenvalue weighted by molar-refractivity contribution is 0.723. The Bertz CT molecular complexity index is 537. The first-order valence-corrected chi connectivity index (χ1v) is 8.30. The molecule has 0 spiro atoms. The SMILES string of the molecule is CCCc1nc(-c2cccc(Br)c2)sc1CNCC. The van der Waals surface area contributed by atoms with Gasteiger partial charge in [-0.25, -0.2) is 4.98 Å². The van der Waals surface area contributed by atoms with Gasteiger partial charge in [-0.1, -0.05) is 48.3 Å². The number of nitrogens with zero attached hydrogens (tertiary/aromatic N) is 1. The van der Waals surface area contributed by atoms with E-state index in [9.17, 15) is 0 Å². The quantitative estimate of drug-likeness (QED) is 0.830. The van der Waals surface area contributed by atoms with E-state index in [2.05, 4.69) is 53.3 Å². The summed E-state index contributed by atoms with van der Waals surface area (Å²) < 4.78 is 1.10. The Balaban J connectivity index is 2.30. The van der Waals surface area contributed by atoms with Crippen LogP contribution in [-0.2, 0) is 13.0 Å². The van der Waals surface area contributed by atoms with Crippen LogP contribution in [0.15, 0.2) is 28.7 Å². The van der Waals surface area contributed by atoms with Gasteiger partial charge in [0.1, 0.15) is 5.01 Å². The van der Waals surface area contributed by atoms with E-state index in [1.165, 1.54) is 16.1 Å². The van der Waals surface area contributed by atoms with E-state index < -0.39 is 0 Å². The zero-order valence-corrected chi connectivity index (χ0v) is 13.8. The molecule has 102 valence electrons. The molecular formula is C15H19BrN2S. The molecule has 19 heavy (non-hydrogen) atoms. The Morgan fingerprint density at radius 1 is 1.32 bits per heavy atom. The topological polar surface area (TPSA) is 24.9 Å². The summed E-state index contributed by atoms with van der Waals surface area (Å²) in [5.41, 5.74) is 2.45. The van der Waals surface area contributed by atoms with Gasteiger partial charge in [-0.2, -0.15) is 0 Å². The van der Waals surface area contributed by atoms with Gasteiger partial charge in [-0.3, -0.25) is 0 Å². The lowest BCUT2D eigenvalue weighted by atomic mass is 10.2. The number of thiazole rings is 1. The Hall–Kier alpha value is -0.710. The Morgan fingerprint density at radius 3 is 2.84 bits per heavy atom. The number of nitrogens with one attached hydrogen (secondary N) is 1. The number of hydrogen-bond donors (Lipinski definition) is 1. The van der Waals surface area contributed by atoms with E-state index >= 15 is 0 Å². The molecule has 1 heterocycles. The highest BCUT2D eigenvalue weighted by Crippen LogP contribution is 2.30. The molecule has 2 nitrogen and oxygen atoms in total. The monoisotopic (exact) mass is 338 g/mol. The fraction of sp³-hybridized carbons (Fsp3) is 0.400. The predicted molar refractivity (Wildman–Crippen MR) is 86.6 cm³/mol. The molecule has 2 aromatic rings. The van der Waals surface area contributed by atoms with Crippen molar-refractivity contribution in [2.75, 3.05) is 6.54 Å². The van der Waals surface area contributed by atoms with Crippen molar-refractivity contribution >= 4 is 27.3 Å². The van der Waals surface area contributed by atoms with Gasteiger partial charge in [0, 0.05) is 21.5 Å². The summed E-state index contributed by atoms with van der Waals surface area (Å²) in [6.07, 6.45) is 2.20. The van der Waals surface area contributed by atoms with Crippen LogP contribution in [0.4, 0.5) is 0 Å². The summed E-state index contributed by atoms with van der Waals surface area (Å²) in [5.74, 6) is 0. The van der Waals surface area contributed by atoms with E-state index in [4.69, 9.17) is 4.98 Å². The van der Waals surface area contributed by atoms with Crippen molar-refractivity contribution in [3.8, 4) is 10.6 Å². The molecular weight excluding hydrogens is 320 g/mol. The standard InChI is InChI=1S/C15H19BrN2S/c1-3-6-13-14(10-17-4-2)19-15(18-13)11-7-5-8-12(16)9-11/h5,7-9,17H,3-4,6,10H2,1-2H3. The molecule has 1 N–H and O–H groups in total. The zero-order valence-electron chi connectivity index (χ0n) is 11.4. The predicted octanol–water partition coefficient (Wildman–Crippen LogP) is 4.63. The Labute approximate surface area is 127 Å². The number of aromatic nitrogens is 1. The van der Waals surface area contributed by atoms with Gasteiger partial charge in [0.25, 0.3) is 0 Å². The third-order valence-corrected chi connectivity index (χ3v) is 4.51. The minimum Gasteiger partial charge on any atom is -0.312 e. The maximum absolute atomic E-state index is 4.82. The molecule has 0 saturated heterocycles. The van der Waals surface area contributed by atoms with Crippen molar-refractivity contribution in [1.29, 1.82) is 0 Å². The molecule has 2 rings (SSSR count). The van der Waals surface area contributed by atoms with Crippen molar-refractivity contribution in [2.24, 2.45) is 0 Å². The van der Waals surface area contributed by atoms with Crippen LogP contribution in [-0.4, -0.2) is 11.5 Å². The average Bonchev–Trinajstić information content (AvgIpc) is 2.80. The summed E-state index contributed by atoms with van der Waals surface area (Å²) >= 11 is 5.33. The van der Waals surface area contributed by atoms with Gasteiger partial charge in [0.15, 0.2) is 0 Å². The fourth-order valence-corrected chi connectivity index (χ4v) is 3.41. The number of hydrogen-bond acceptors (Lipinski definition) is 3. The van der Waals surface area contributed by atoms with E-state index in [1.807, 2.05) is 6.07 Å². The molecule has 0 atom stereocenters. The van der Waals surface area contributed by atoms with Crippen LogP contribution in [0, 0.1) is 0 Å². The third kappa shape index (κ3) is 3.88. The fourth-order valence-electron chi connectivity index (χ4n) is 1.94. The summed E-state index contributed by atoms with van der Waals surface area (Å²) in [6.45, 7) is 6.26. The van der Waals surface area contributed by atoms with Crippen molar-refractivity contribution in [3.05, 3.63) is 39.3 Å². The number of rotatable bonds is 6. The Morgan fingerprint density at radius 2 is 2.16 bits per heavy atom. The molecule has 0 amide bonds. The molecule has 0 bridgehead atoms. The van der Waals surface area contributed by atoms with Crippen molar-refractivity contribution in [3.63, 3.8) is 0 Å². The smallest absolute Gasteiger partial charge is 0.123 e. The summed E-state index contributed by atoms with van der Waals surface area (Å²) in [4.78, 5) is 6.20. The lowest BCUT2D eigenvalue weighted by Crippen LogP contribution is -2.11. The minimum atomic E-state index is 0.928. The molecule has 0 aliphatic rings. The summed E-state index contributed by atoms with van der Waals surface area (Å²) in [6, 6.07) is 8.36. The molecule has 0 aliphatic carbocycles. The molecule has 1 aromatic heterocycles. The molecule has 0 unspecified atom stereocenters. The van der Waals surface area contributed by atoms with Gasteiger partial charge < -0.3 is 5.32 Å². The maximum atomic E-state index is 4.82. The van der Waals surface area contributed by atoms with Gasteiger partial charge in [-0.15, -0.1) is 11.3 Å².